The maximum absolute atomic E-state index is 11.7. The Labute approximate surface area is 120 Å². The highest BCUT2D eigenvalue weighted by Gasteiger charge is 2.08. The van der Waals surface area contributed by atoms with Crippen LogP contribution in [0.25, 0.3) is 0 Å². The fraction of sp³-hybridized carbons (Fsp3) is 0.417. The Hall–Kier alpha value is -0.330. The second-order valence-corrected chi connectivity index (χ2v) is 5.70. The number of rotatable bonds is 5. The summed E-state index contributed by atoms with van der Waals surface area (Å²) in [6.45, 7) is 2.64. The van der Waals surface area contributed by atoms with Crippen LogP contribution in [0.15, 0.2) is 18.2 Å². The Morgan fingerprint density at radius 3 is 2.88 bits per heavy atom. The van der Waals surface area contributed by atoms with Crippen LogP contribution >= 0.6 is 34.2 Å². The van der Waals surface area contributed by atoms with Gasteiger partial charge in [0.15, 0.2) is 0 Å². The maximum atomic E-state index is 11.7. The number of benzene rings is 1. The van der Waals surface area contributed by atoms with Gasteiger partial charge in [0.2, 0.25) is 5.91 Å². The molecule has 3 nitrogen and oxygen atoms in total. The third-order valence-corrected chi connectivity index (χ3v) is 3.46. The first-order chi connectivity index (χ1) is 8.02. The Balaban J connectivity index is 2.50. The van der Waals surface area contributed by atoms with Gasteiger partial charge in [-0.3, -0.25) is 4.79 Å². The highest BCUT2D eigenvalue weighted by Crippen LogP contribution is 2.24. The normalized spacial score (nSPS) is 12.2. The lowest BCUT2D eigenvalue weighted by Gasteiger charge is -2.10. The predicted octanol–water partition coefficient (Wildman–Crippen LogP) is 3.26. The number of hydrogen-bond acceptors (Lipinski definition) is 2. The summed E-state index contributed by atoms with van der Waals surface area (Å²) in [6, 6.07) is 5.54. The number of nitrogens with one attached hydrogen (secondary N) is 1. The van der Waals surface area contributed by atoms with Crippen molar-refractivity contribution in [3.8, 4) is 0 Å². The fourth-order valence-corrected chi connectivity index (χ4v) is 2.20. The van der Waals surface area contributed by atoms with Gasteiger partial charge in [-0.25, -0.2) is 0 Å². The first-order valence-corrected chi connectivity index (χ1v) is 6.93. The molecule has 0 spiro atoms. The Morgan fingerprint density at radius 1 is 1.59 bits per heavy atom. The smallest absolute Gasteiger partial charge is 0.224 e. The van der Waals surface area contributed by atoms with Gasteiger partial charge in [0, 0.05) is 9.99 Å². The summed E-state index contributed by atoms with van der Waals surface area (Å²) in [7, 11) is 0. The number of anilines is 1. The van der Waals surface area contributed by atoms with E-state index >= 15 is 0 Å². The highest BCUT2D eigenvalue weighted by molar-refractivity contribution is 14.1. The molecule has 1 unspecified atom stereocenters. The van der Waals surface area contributed by atoms with Crippen LogP contribution in [0.5, 0.6) is 0 Å². The summed E-state index contributed by atoms with van der Waals surface area (Å²) >= 11 is 8.20. The average Bonchev–Trinajstić information content (AvgIpc) is 2.29. The highest BCUT2D eigenvalue weighted by atomic mass is 127. The zero-order valence-electron chi connectivity index (χ0n) is 9.67. The number of amides is 1. The van der Waals surface area contributed by atoms with Crippen LogP contribution in [0.3, 0.4) is 0 Å². The van der Waals surface area contributed by atoms with E-state index < -0.39 is 0 Å². The molecule has 1 aromatic rings. The number of carbonyl (C=O) groups is 1. The monoisotopic (exact) mass is 366 g/mol. The second-order valence-electron chi connectivity index (χ2n) is 4.05. The van der Waals surface area contributed by atoms with Crippen LogP contribution in [-0.2, 0) is 4.79 Å². The van der Waals surface area contributed by atoms with E-state index in [-0.39, 0.29) is 5.91 Å². The van der Waals surface area contributed by atoms with E-state index in [1.54, 1.807) is 0 Å². The van der Waals surface area contributed by atoms with Crippen molar-refractivity contribution >= 4 is 45.8 Å². The summed E-state index contributed by atoms with van der Waals surface area (Å²) in [5.41, 5.74) is 6.16. The van der Waals surface area contributed by atoms with Gasteiger partial charge < -0.3 is 11.1 Å². The standard InChI is InChI=1S/C12H16ClIN2O/c1-8(7-15)2-5-12(17)16-11-4-3-9(14)6-10(11)13/h3-4,6,8H,2,5,7,15H2,1H3,(H,16,17). The number of nitrogens with two attached hydrogens (primary N) is 1. The molecule has 0 aliphatic heterocycles. The molecule has 17 heavy (non-hydrogen) atoms. The van der Waals surface area contributed by atoms with E-state index in [1.165, 1.54) is 0 Å². The Morgan fingerprint density at radius 2 is 2.29 bits per heavy atom. The van der Waals surface area contributed by atoms with Gasteiger partial charge in [-0.2, -0.15) is 0 Å². The molecule has 0 saturated carbocycles. The SMILES string of the molecule is CC(CN)CCC(=O)Nc1ccc(I)cc1Cl. The van der Waals surface area contributed by atoms with Crippen molar-refractivity contribution in [2.45, 2.75) is 19.8 Å². The van der Waals surface area contributed by atoms with E-state index in [0.29, 0.717) is 29.6 Å². The third kappa shape index (κ3) is 5.23. The van der Waals surface area contributed by atoms with Gasteiger partial charge in [-0.15, -0.1) is 0 Å². The van der Waals surface area contributed by atoms with Gasteiger partial charge >= 0.3 is 0 Å². The first-order valence-electron chi connectivity index (χ1n) is 5.48. The van der Waals surface area contributed by atoms with Gasteiger partial charge in [-0.05, 0) is 59.7 Å². The molecule has 3 N–H and O–H groups in total. The summed E-state index contributed by atoms with van der Waals surface area (Å²) in [5.74, 6) is 0.348. The van der Waals surface area contributed by atoms with Crippen LogP contribution in [0.2, 0.25) is 5.02 Å². The largest absolute Gasteiger partial charge is 0.330 e. The lowest BCUT2D eigenvalue weighted by atomic mass is 10.1. The van der Waals surface area contributed by atoms with Gasteiger partial charge in [0.05, 0.1) is 10.7 Å². The molecule has 1 aromatic carbocycles. The van der Waals surface area contributed by atoms with E-state index in [4.69, 9.17) is 17.3 Å². The molecule has 0 aliphatic carbocycles. The molecule has 5 heteroatoms. The quantitative estimate of drug-likeness (QED) is 0.786. The molecule has 0 radical (unpaired) electrons. The molecule has 0 fully saturated rings. The van der Waals surface area contributed by atoms with Gasteiger partial charge in [0.1, 0.15) is 0 Å². The minimum Gasteiger partial charge on any atom is -0.330 e. The zero-order chi connectivity index (χ0) is 12.8. The van der Waals surface area contributed by atoms with Crippen LogP contribution in [0.4, 0.5) is 5.69 Å². The second kappa shape index (κ2) is 7.18. The Kier molecular flexibility index (Phi) is 6.22. The molecule has 0 bridgehead atoms. The molecule has 0 aliphatic rings. The maximum Gasteiger partial charge on any atom is 0.224 e. The lowest BCUT2D eigenvalue weighted by molar-refractivity contribution is -0.116. The number of hydrogen-bond donors (Lipinski definition) is 2. The van der Waals surface area contributed by atoms with E-state index in [2.05, 4.69) is 27.9 Å². The molecule has 0 saturated heterocycles. The minimum atomic E-state index is -0.0200. The zero-order valence-corrected chi connectivity index (χ0v) is 12.6. The number of halogens is 2. The summed E-state index contributed by atoms with van der Waals surface area (Å²) in [6.07, 6.45) is 1.27. The lowest BCUT2D eigenvalue weighted by Crippen LogP contribution is -2.16. The average molecular weight is 367 g/mol. The molecular formula is C12H16ClIN2O. The first kappa shape index (κ1) is 14.7. The van der Waals surface area contributed by atoms with Crippen molar-refractivity contribution in [1.82, 2.24) is 0 Å². The van der Waals surface area contributed by atoms with Crippen LogP contribution in [0.1, 0.15) is 19.8 Å². The molecule has 1 amide bonds. The molecule has 94 valence electrons. The molecule has 0 aromatic heterocycles. The summed E-state index contributed by atoms with van der Waals surface area (Å²) in [5, 5.41) is 3.37. The molecule has 1 atom stereocenters. The molecule has 0 heterocycles. The van der Waals surface area contributed by atoms with Gasteiger partial charge in [0.25, 0.3) is 0 Å². The van der Waals surface area contributed by atoms with E-state index in [0.717, 1.165) is 9.99 Å². The van der Waals surface area contributed by atoms with Gasteiger partial charge in [-0.1, -0.05) is 18.5 Å². The van der Waals surface area contributed by atoms with Crippen molar-refractivity contribution in [3.63, 3.8) is 0 Å². The van der Waals surface area contributed by atoms with Crippen molar-refractivity contribution in [3.05, 3.63) is 26.8 Å². The van der Waals surface area contributed by atoms with Crippen molar-refractivity contribution in [2.24, 2.45) is 11.7 Å². The molecular weight excluding hydrogens is 351 g/mol. The van der Waals surface area contributed by atoms with Crippen molar-refractivity contribution in [1.29, 1.82) is 0 Å². The summed E-state index contributed by atoms with van der Waals surface area (Å²) < 4.78 is 1.04. The fourth-order valence-electron chi connectivity index (χ4n) is 1.30. The number of carbonyl (C=O) groups excluding carboxylic acids is 1. The third-order valence-electron chi connectivity index (χ3n) is 2.47. The predicted molar refractivity (Wildman–Crippen MR) is 80.3 cm³/mol. The van der Waals surface area contributed by atoms with E-state index in [9.17, 15) is 4.79 Å². The van der Waals surface area contributed by atoms with Crippen LogP contribution in [0, 0.1) is 9.49 Å². The molecule has 1 rings (SSSR count). The van der Waals surface area contributed by atoms with Crippen LogP contribution < -0.4 is 11.1 Å². The minimum absolute atomic E-state index is 0.0200. The van der Waals surface area contributed by atoms with E-state index in [1.807, 2.05) is 25.1 Å². The van der Waals surface area contributed by atoms with Crippen molar-refractivity contribution < 1.29 is 4.79 Å². The van der Waals surface area contributed by atoms with Crippen LogP contribution in [-0.4, -0.2) is 12.5 Å². The topological polar surface area (TPSA) is 55.1 Å². The van der Waals surface area contributed by atoms with Crippen molar-refractivity contribution in [2.75, 3.05) is 11.9 Å². The summed E-state index contributed by atoms with van der Waals surface area (Å²) in [4.78, 5) is 11.7. The Bertz CT molecular complexity index is 398.